The minimum absolute atomic E-state index is 0.779. The van der Waals surface area contributed by atoms with Gasteiger partial charge in [-0.25, -0.2) is 4.98 Å². The number of benzene rings is 2. The molecule has 0 saturated heterocycles. The standard InChI is InChI=1S/C17H16N2O/c1-20-15-8-7-14(11-17-18-9-10-19-17)16(12-15)13-5-3-2-4-6-13/h2-10,12H,11H2,1H3,(H,18,19). The van der Waals surface area contributed by atoms with Gasteiger partial charge in [0.25, 0.3) is 0 Å². The topological polar surface area (TPSA) is 37.9 Å². The van der Waals surface area contributed by atoms with E-state index in [4.69, 9.17) is 4.74 Å². The quantitative estimate of drug-likeness (QED) is 0.780. The molecular formula is C17H16N2O. The molecule has 3 rings (SSSR count). The zero-order valence-corrected chi connectivity index (χ0v) is 11.3. The lowest BCUT2D eigenvalue weighted by Crippen LogP contribution is -1.95. The molecule has 0 aliphatic heterocycles. The van der Waals surface area contributed by atoms with Crippen molar-refractivity contribution < 1.29 is 4.74 Å². The van der Waals surface area contributed by atoms with E-state index >= 15 is 0 Å². The van der Waals surface area contributed by atoms with Gasteiger partial charge in [-0.3, -0.25) is 0 Å². The van der Waals surface area contributed by atoms with Crippen LogP contribution in [0, 0.1) is 0 Å². The fourth-order valence-electron chi connectivity index (χ4n) is 2.30. The van der Waals surface area contributed by atoms with Crippen LogP contribution in [0.15, 0.2) is 60.9 Å². The van der Waals surface area contributed by atoms with E-state index in [0.717, 1.165) is 18.0 Å². The molecule has 0 radical (unpaired) electrons. The number of ether oxygens (including phenoxy) is 1. The molecule has 3 nitrogen and oxygen atoms in total. The maximum Gasteiger partial charge on any atom is 0.119 e. The number of imidazole rings is 1. The van der Waals surface area contributed by atoms with Crippen LogP contribution in [0.1, 0.15) is 11.4 Å². The summed E-state index contributed by atoms with van der Waals surface area (Å²) in [5.74, 6) is 1.83. The zero-order valence-electron chi connectivity index (χ0n) is 11.3. The maximum atomic E-state index is 5.34. The molecule has 0 atom stereocenters. The second-order valence-corrected chi connectivity index (χ2v) is 4.60. The average molecular weight is 264 g/mol. The maximum absolute atomic E-state index is 5.34. The summed E-state index contributed by atoms with van der Waals surface area (Å²) in [6.45, 7) is 0. The van der Waals surface area contributed by atoms with Crippen molar-refractivity contribution >= 4 is 0 Å². The summed E-state index contributed by atoms with van der Waals surface area (Å²) in [5, 5.41) is 0. The molecule has 0 fully saturated rings. The smallest absolute Gasteiger partial charge is 0.119 e. The van der Waals surface area contributed by atoms with Crippen molar-refractivity contribution in [3.8, 4) is 16.9 Å². The van der Waals surface area contributed by atoms with Gasteiger partial charge < -0.3 is 9.72 Å². The Morgan fingerprint density at radius 1 is 1.10 bits per heavy atom. The average Bonchev–Trinajstić information content (AvgIpc) is 3.01. The first-order valence-corrected chi connectivity index (χ1v) is 6.57. The van der Waals surface area contributed by atoms with E-state index in [0.29, 0.717) is 0 Å². The molecule has 0 aliphatic carbocycles. The summed E-state index contributed by atoms with van der Waals surface area (Å²) >= 11 is 0. The van der Waals surface area contributed by atoms with Crippen molar-refractivity contribution in [2.75, 3.05) is 7.11 Å². The van der Waals surface area contributed by atoms with Crippen LogP contribution in [-0.2, 0) is 6.42 Å². The van der Waals surface area contributed by atoms with Gasteiger partial charge in [-0.2, -0.15) is 0 Å². The molecule has 0 spiro atoms. The summed E-state index contributed by atoms with van der Waals surface area (Å²) < 4.78 is 5.34. The summed E-state index contributed by atoms with van der Waals surface area (Å²) in [5.41, 5.74) is 3.60. The van der Waals surface area contributed by atoms with Crippen molar-refractivity contribution in [2.24, 2.45) is 0 Å². The Balaban J connectivity index is 2.05. The van der Waals surface area contributed by atoms with Crippen LogP contribution in [0.3, 0.4) is 0 Å². The predicted octanol–water partition coefficient (Wildman–Crippen LogP) is 3.68. The number of H-pyrrole nitrogens is 1. The molecule has 0 aliphatic rings. The first-order chi connectivity index (χ1) is 9.86. The minimum atomic E-state index is 0.779. The normalized spacial score (nSPS) is 10.4. The van der Waals surface area contributed by atoms with Crippen LogP contribution >= 0.6 is 0 Å². The van der Waals surface area contributed by atoms with E-state index in [9.17, 15) is 0 Å². The van der Waals surface area contributed by atoms with Crippen molar-refractivity contribution in [1.29, 1.82) is 0 Å². The molecule has 100 valence electrons. The third-order valence-corrected chi connectivity index (χ3v) is 3.31. The van der Waals surface area contributed by atoms with E-state index in [2.05, 4.69) is 34.2 Å². The Morgan fingerprint density at radius 2 is 1.95 bits per heavy atom. The van der Waals surface area contributed by atoms with Crippen molar-refractivity contribution in [3.63, 3.8) is 0 Å². The fourth-order valence-corrected chi connectivity index (χ4v) is 2.30. The lowest BCUT2D eigenvalue weighted by atomic mass is 9.97. The van der Waals surface area contributed by atoms with E-state index in [1.54, 1.807) is 13.3 Å². The number of rotatable bonds is 4. The van der Waals surface area contributed by atoms with Gasteiger partial charge in [-0.1, -0.05) is 36.4 Å². The van der Waals surface area contributed by atoms with Crippen LogP contribution in [0.2, 0.25) is 0 Å². The summed E-state index contributed by atoms with van der Waals surface area (Å²) in [6.07, 6.45) is 4.41. The molecule has 3 heteroatoms. The Hall–Kier alpha value is -2.55. The Morgan fingerprint density at radius 3 is 2.65 bits per heavy atom. The second kappa shape index (κ2) is 5.61. The van der Waals surface area contributed by atoms with Crippen LogP contribution in [0.4, 0.5) is 0 Å². The molecule has 0 bridgehead atoms. The molecule has 1 heterocycles. The molecule has 1 aromatic heterocycles. The lowest BCUT2D eigenvalue weighted by Gasteiger charge is -2.11. The highest BCUT2D eigenvalue weighted by Gasteiger charge is 2.08. The number of nitrogens with zero attached hydrogens (tertiary/aromatic N) is 1. The van der Waals surface area contributed by atoms with Crippen LogP contribution in [-0.4, -0.2) is 17.1 Å². The zero-order chi connectivity index (χ0) is 13.8. The number of aromatic amines is 1. The Kier molecular flexibility index (Phi) is 3.50. The van der Waals surface area contributed by atoms with Gasteiger partial charge in [0.05, 0.1) is 7.11 Å². The first-order valence-electron chi connectivity index (χ1n) is 6.57. The fraction of sp³-hybridized carbons (Fsp3) is 0.118. The number of hydrogen-bond donors (Lipinski definition) is 1. The number of methoxy groups -OCH3 is 1. The molecule has 0 saturated carbocycles. The minimum Gasteiger partial charge on any atom is -0.497 e. The Labute approximate surface area is 118 Å². The van der Waals surface area contributed by atoms with Gasteiger partial charge in [-0.15, -0.1) is 0 Å². The van der Waals surface area contributed by atoms with Crippen LogP contribution < -0.4 is 4.74 Å². The highest BCUT2D eigenvalue weighted by molar-refractivity contribution is 5.69. The predicted molar refractivity (Wildman–Crippen MR) is 79.8 cm³/mol. The van der Waals surface area contributed by atoms with E-state index in [1.165, 1.54) is 16.7 Å². The number of hydrogen-bond acceptors (Lipinski definition) is 2. The van der Waals surface area contributed by atoms with Crippen LogP contribution in [0.25, 0.3) is 11.1 Å². The number of aromatic nitrogens is 2. The second-order valence-electron chi connectivity index (χ2n) is 4.60. The summed E-state index contributed by atoms with van der Waals surface area (Å²) in [7, 11) is 1.69. The van der Waals surface area contributed by atoms with Crippen molar-refractivity contribution in [3.05, 3.63) is 72.3 Å². The summed E-state index contributed by atoms with van der Waals surface area (Å²) in [4.78, 5) is 7.45. The molecule has 20 heavy (non-hydrogen) atoms. The third-order valence-electron chi connectivity index (χ3n) is 3.31. The van der Waals surface area contributed by atoms with Gasteiger partial charge in [0.2, 0.25) is 0 Å². The highest BCUT2D eigenvalue weighted by atomic mass is 16.5. The van der Waals surface area contributed by atoms with E-state index < -0.39 is 0 Å². The molecule has 1 N–H and O–H groups in total. The highest BCUT2D eigenvalue weighted by Crippen LogP contribution is 2.29. The van der Waals surface area contributed by atoms with Gasteiger partial charge in [-0.05, 0) is 28.8 Å². The van der Waals surface area contributed by atoms with E-state index in [-0.39, 0.29) is 0 Å². The van der Waals surface area contributed by atoms with Gasteiger partial charge in [0, 0.05) is 18.8 Å². The van der Waals surface area contributed by atoms with E-state index in [1.807, 2.05) is 30.5 Å². The van der Waals surface area contributed by atoms with Crippen LogP contribution in [0.5, 0.6) is 5.75 Å². The molecule has 0 amide bonds. The molecular weight excluding hydrogens is 248 g/mol. The van der Waals surface area contributed by atoms with Crippen molar-refractivity contribution in [1.82, 2.24) is 9.97 Å². The monoisotopic (exact) mass is 264 g/mol. The first kappa shape index (κ1) is 12.5. The lowest BCUT2D eigenvalue weighted by molar-refractivity contribution is 0.415. The molecule has 0 unspecified atom stereocenters. The number of nitrogens with one attached hydrogen (secondary N) is 1. The Bertz CT molecular complexity index is 675. The SMILES string of the molecule is COc1ccc(Cc2ncc[nH]2)c(-c2ccccc2)c1. The third kappa shape index (κ3) is 2.57. The largest absolute Gasteiger partial charge is 0.497 e. The van der Waals surface area contributed by atoms with Gasteiger partial charge in [0.15, 0.2) is 0 Å². The van der Waals surface area contributed by atoms with Crippen molar-refractivity contribution in [2.45, 2.75) is 6.42 Å². The van der Waals surface area contributed by atoms with Gasteiger partial charge >= 0.3 is 0 Å². The molecule has 2 aromatic carbocycles. The van der Waals surface area contributed by atoms with Gasteiger partial charge in [0.1, 0.15) is 11.6 Å². The molecule has 3 aromatic rings. The summed E-state index contributed by atoms with van der Waals surface area (Å²) in [6, 6.07) is 16.5.